The first-order chi connectivity index (χ1) is 16.9. The lowest BCUT2D eigenvalue weighted by Gasteiger charge is -2.12. The predicted octanol–water partition coefficient (Wildman–Crippen LogP) is 4.64. The molecule has 0 bridgehead atoms. The van der Waals surface area contributed by atoms with Crippen molar-refractivity contribution >= 4 is 22.9 Å². The molecule has 1 heterocycles. The van der Waals surface area contributed by atoms with Crippen LogP contribution in [0.1, 0.15) is 22.8 Å². The Morgan fingerprint density at radius 3 is 2.51 bits per heavy atom. The summed E-state index contributed by atoms with van der Waals surface area (Å²) in [5, 5.41) is 10.4. The lowest BCUT2D eigenvalue weighted by Crippen LogP contribution is -2.19. The number of aryl methyl sites for hydroxylation is 1. The summed E-state index contributed by atoms with van der Waals surface area (Å²) in [5.41, 5.74) is 1.30. The molecule has 0 spiro atoms. The van der Waals surface area contributed by atoms with E-state index in [1.807, 2.05) is 18.2 Å². The van der Waals surface area contributed by atoms with Crippen LogP contribution in [-0.4, -0.2) is 30.3 Å². The number of hydrogen-bond donors (Lipinski definition) is 1. The van der Waals surface area contributed by atoms with Crippen molar-refractivity contribution in [2.24, 2.45) is 0 Å². The minimum Gasteiger partial charge on any atom is -0.507 e. The standard InChI is InChI=1S/C27H22O8/c1-3-32-27(31)19-11-16(2)9-10-22(19)35-25(30)15-33-18-12-20(28)26-21(29)14-23(34-24(26)13-18)17-7-5-4-6-8-17/h4-14,28H,3,15H2,1-2H3. The van der Waals surface area contributed by atoms with Gasteiger partial charge in [-0.2, -0.15) is 0 Å². The van der Waals surface area contributed by atoms with Crippen LogP contribution < -0.4 is 14.9 Å². The van der Waals surface area contributed by atoms with Crippen LogP contribution in [-0.2, 0) is 9.53 Å². The van der Waals surface area contributed by atoms with Gasteiger partial charge in [0.05, 0.1) is 6.61 Å². The molecule has 1 N–H and O–H groups in total. The van der Waals surface area contributed by atoms with E-state index in [2.05, 4.69) is 0 Å². The van der Waals surface area contributed by atoms with Crippen LogP contribution in [0.2, 0.25) is 0 Å². The minimum atomic E-state index is -0.779. The number of benzene rings is 3. The molecule has 1 aromatic heterocycles. The SMILES string of the molecule is CCOC(=O)c1cc(C)ccc1OC(=O)COc1cc(O)c2c(=O)cc(-c3ccccc3)oc2c1. The molecule has 8 heteroatoms. The fourth-order valence-electron chi connectivity index (χ4n) is 3.47. The van der Waals surface area contributed by atoms with Gasteiger partial charge in [-0.1, -0.05) is 36.4 Å². The topological polar surface area (TPSA) is 112 Å². The van der Waals surface area contributed by atoms with Crippen LogP contribution in [0, 0.1) is 6.92 Å². The maximum absolute atomic E-state index is 12.6. The van der Waals surface area contributed by atoms with Crippen molar-refractivity contribution in [1.82, 2.24) is 0 Å². The third kappa shape index (κ3) is 5.33. The van der Waals surface area contributed by atoms with Gasteiger partial charge >= 0.3 is 11.9 Å². The number of esters is 2. The number of hydrogen-bond acceptors (Lipinski definition) is 8. The van der Waals surface area contributed by atoms with Crippen LogP contribution in [0.15, 0.2) is 75.9 Å². The van der Waals surface area contributed by atoms with Crippen LogP contribution in [0.25, 0.3) is 22.3 Å². The van der Waals surface area contributed by atoms with Gasteiger partial charge in [0, 0.05) is 23.8 Å². The average molecular weight is 474 g/mol. The molecule has 4 rings (SSSR count). The van der Waals surface area contributed by atoms with Crippen LogP contribution >= 0.6 is 0 Å². The van der Waals surface area contributed by atoms with E-state index in [1.165, 1.54) is 24.3 Å². The first kappa shape index (κ1) is 23.6. The average Bonchev–Trinajstić information content (AvgIpc) is 2.84. The molecule has 0 unspecified atom stereocenters. The first-order valence-corrected chi connectivity index (χ1v) is 10.8. The van der Waals surface area contributed by atoms with Crippen molar-refractivity contribution in [2.75, 3.05) is 13.2 Å². The van der Waals surface area contributed by atoms with Crippen molar-refractivity contribution in [3.63, 3.8) is 0 Å². The zero-order valence-electron chi connectivity index (χ0n) is 19.1. The van der Waals surface area contributed by atoms with Gasteiger partial charge in [-0.15, -0.1) is 0 Å². The smallest absolute Gasteiger partial charge is 0.349 e. The van der Waals surface area contributed by atoms with Crippen LogP contribution in [0.4, 0.5) is 0 Å². The lowest BCUT2D eigenvalue weighted by atomic mass is 10.1. The Morgan fingerprint density at radius 2 is 1.77 bits per heavy atom. The van der Waals surface area contributed by atoms with E-state index in [1.54, 1.807) is 38.1 Å². The molecule has 4 aromatic rings. The largest absolute Gasteiger partial charge is 0.507 e. The third-order valence-electron chi connectivity index (χ3n) is 5.05. The fraction of sp³-hybridized carbons (Fsp3) is 0.148. The maximum atomic E-state index is 12.6. The molecule has 8 nitrogen and oxygen atoms in total. The van der Waals surface area contributed by atoms with Crippen molar-refractivity contribution in [3.05, 3.63) is 88.1 Å². The summed E-state index contributed by atoms with van der Waals surface area (Å²) in [4.78, 5) is 37.2. The molecule has 0 aliphatic heterocycles. The van der Waals surface area contributed by atoms with Crippen LogP contribution in [0.3, 0.4) is 0 Å². The minimum absolute atomic E-state index is 0.00154. The molecule has 0 radical (unpaired) electrons. The van der Waals surface area contributed by atoms with E-state index in [9.17, 15) is 19.5 Å². The number of aromatic hydroxyl groups is 1. The molecule has 0 amide bonds. The number of carbonyl (C=O) groups is 2. The van der Waals surface area contributed by atoms with Gasteiger partial charge in [0.2, 0.25) is 0 Å². The van der Waals surface area contributed by atoms with E-state index in [0.29, 0.717) is 11.3 Å². The van der Waals surface area contributed by atoms with E-state index < -0.39 is 24.0 Å². The Kier molecular flexibility index (Phi) is 6.82. The van der Waals surface area contributed by atoms with E-state index in [0.717, 1.165) is 5.56 Å². The Balaban J connectivity index is 1.54. The van der Waals surface area contributed by atoms with E-state index in [-0.39, 0.29) is 40.4 Å². The zero-order valence-corrected chi connectivity index (χ0v) is 19.1. The molecule has 35 heavy (non-hydrogen) atoms. The predicted molar refractivity (Wildman–Crippen MR) is 128 cm³/mol. The highest BCUT2D eigenvalue weighted by Crippen LogP contribution is 2.31. The monoisotopic (exact) mass is 474 g/mol. The highest BCUT2D eigenvalue weighted by Gasteiger charge is 2.18. The van der Waals surface area contributed by atoms with Gasteiger partial charge in [0.1, 0.15) is 39.5 Å². The lowest BCUT2D eigenvalue weighted by molar-refractivity contribution is -0.136. The highest BCUT2D eigenvalue weighted by atomic mass is 16.6. The number of phenols is 1. The molecule has 0 aliphatic rings. The fourth-order valence-corrected chi connectivity index (χ4v) is 3.47. The summed E-state index contributed by atoms with van der Waals surface area (Å²) >= 11 is 0. The highest BCUT2D eigenvalue weighted by molar-refractivity contribution is 5.94. The summed E-state index contributed by atoms with van der Waals surface area (Å²) in [5.74, 6) is -1.27. The van der Waals surface area contributed by atoms with E-state index >= 15 is 0 Å². The second-order valence-corrected chi connectivity index (χ2v) is 7.64. The van der Waals surface area contributed by atoms with Gasteiger partial charge in [-0.3, -0.25) is 4.79 Å². The number of ether oxygens (including phenoxy) is 3. The Labute approximate surface area is 200 Å². The summed E-state index contributed by atoms with van der Waals surface area (Å²) in [6.07, 6.45) is 0. The number of fused-ring (bicyclic) bond motifs is 1. The van der Waals surface area contributed by atoms with Crippen molar-refractivity contribution < 1.29 is 33.3 Å². The van der Waals surface area contributed by atoms with Crippen molar-refractivity contribution in [3.8, 4) is 28.6 Å². The second-order valence-electron chi connectivity index (χ2n) is 7.64. The summed E-state index contributed by atoms with van der Waals surface area (Å²) in [6, 6.07) is 17.7. The van der Waals surface area contributed by atoms with Gasteiger partial charge < -0.3 is 23.7 Å². The summed E-state index contributed by atoms with van der Waals surface area (Å²) < 4.78 is 21.6. The molecule has 3 aromatic carbocycles. The van der Waals surface area contributed by atoms with Crippen molar-refractivity contribution in [1.29, 1.82) is 0 Å². The molecular formula is C27H22O8. The number of rotatable bonds is 7. The van der Waals surface area contributed by atoms with Gasteiger partial charge in [0.15, 0.2) is 12.0 Å². The Morgan fingerprint density at radius 1 is 1.00 bits per heavy atom. The first-order valence-electron chi connectivity index (χ1n) is 10.8. The molecule has 0 saturated carbocycles. The molecule has 0 atom stereocenters. The molecule has 178 valence electrons. The van der Waals surface area contributed by atoms with Gasteiger partial charge in [-0.25, -0.2) is 9.59 Å². The Hall–Kier alpha value is -4.59. The quantitative estimate of drug-likeness (QED) is 0.305. The normalized spacial score (nSPS) is 10.7. The molecular weight excluding hydrogens is 452 g/mol. The molecule has 0 aliphatic carbocycles. The molecule has 0 fully saturated rings. The van der Waals surface area contributed by atoms with E-state index in [4.69, 9.17) is 18.6 Å². The van der Waals surface area contributed by atoms with Gasteiger partial charge in [0.25, 0.3) is 0 Å². The summed E-state index contributed by atoms with van der Waals surface area (Å²) in [6.45, 7) is 3.13. The van der Waals surface area contributed by atoms with Crippen LogP contribution in [0.5, 0.6) is 17.2 Å². The summed E-state index contributed by atoms with van der Waals surface area (Å²) in [7, 11) is 0. The van der Waals surface area contributed by atoms with Gasteiger partial charge in [-0.05, 0) is 31.5 Å². The van der Waals surface area contributed by atoms with Crippen molar-refractivity contribution in [2.45, 2.75) is 13.8 Å². The number of carbonyl (C=O) groups excluding carboxylic acids is 2. The maximum Gasteiger partial charge on any atom is 0.349 e. The Bertz CT molecular complexity index is 1450. The molecule has 0 saturated heterocycles. The third-order valence-corrected chi connectivity index (χ3v) is 5.05. The zero-order chi connectivity index (χ0) is 24.9. The number of phenolic OH excluding ortho intramolecular Hbond substituents is 1. The second kappa shape index (κ2) is 10.1.